The van der Waals surface area contributed by atoms with E-state index in [2.05, 4.69) is 5.32 Å². The molecule has 0 aliphatic rings. The van der Waals surface area contributed by atoms with Crippen molar-refractivity contribution in [1.29, 1.82) is 0 Å². The van der Waals surface area contributed by atoms with E-state index < -0.39 is 0 Å². The number of benzene rings is 1. The first-order valence-electron chi connectivity index (χ1n) is 7.41. The molecule has 0 radical (unpaired) electrons. The molecule has 20 heavy (non-hydrogen) atoms. The van der Waals surface area contributed by atoms with Crippen LogP contribution in [0.4, 0.5) is 0 Å². The average Bonchev–Trinajstić information content (AvgIpc) is 2.41. The Kier molecular flexibility index (Phi) is 8.07. The van der Waals surface area contributed by atoms with Gasteiger partial charge in [0, 0.05) is 18.7 Å². The van der Waals surface area contributed by atoms with Crippen LogP contribution in [0.2, 0.25) is 0 Å². The van der Waals surface area contributed by atoms with E-state index in [1.807, 2.05) is 32.9 Å². The van der Waals surface area contributed by atoms with Gasteiger partial charge in [-0.3, -0.25) is 0 Å². The third-order valence-electron chi connectivity index (χ3n) is 2.90. The molecule has 1 aromatic rings. The van der Waals surface area contributed by atoms with Gasteiger partial charge in [0.2, 0.25) is 0 Å². The molecule has 0 spiro atoms. The summed E-state index contributed by atoms with van der Waals surface area (Å²) in [6, 6.07) is 5.59. The second-order valence-corrected chi connectivity index (χ2v) is 5.00. The topological polar surface area (TPSA) is 50.7 Å². The molecule has 114 valence electrons. The lowest BCUT2D eigenvalue weighted by Gasteiger charge is -2.11. The fourth-order valence-corrected chi connectivity index (χ4v) is 1.88. The van der Waals surface area contributed by atoms with Crippen LogP contribution in [0, 0.1) is 0 Å². The van der Waals surface area contributed by atoms with Gasteiger partial charge in [0.15, 0.2) is 11.5 Å². The van der Waals surface area contributed by atoms with E-state index in [4.69, 9.17) is 9.47 Å². The van der Waals surface area contributed by atoms with Crippen molar-refractivity contribution in [2.45, 2.75) is 46.3 Å². The van der Waals surface area contributed by atoms with E-state index in [0.717, 1.165) is 31.6 Å². The largest absolute Gasteiger partial charge is 0.504 e. The minimum atomic E-state index is 0.241. The van der Waals surface area contributed by atoms with Gasteiger partial charge in [-0.05, 0) is 46.2 Å². The molecule has 0 atom stereocenters. The molecule has 0 saturated heterocycles. The summed E-state index contributed by atoms with van der Waals surface area (Å²) >= 11 is 0. The Morgan fingerprint density at radius 3 is 2.75 bits per heavy atom. The number of phenols is 1. The molecule has 0 heterocycles. The summed E-state index contributed by atoms with van der Waals surface area (Å²) in [6.07, 6.45) is 2.43. The summed E-state index contributed by atoms with van der Waals surface area (Å²) < 4.78 is 10.8. The highest BCUT2D eigenvalue weighted by Crippen LogP contribution is 2.29. The second-order valence-electron chi connectivity index (χ2n) is 5.00. The maximum absolute atomic E-state index is 10.0. The number of ether oxygens (including phenoxy) is 2. The highest BCUT2D eigenvalue weighted by molar-refractivity contribution is 5.45. The summed E-state index contributed by atoms with van der Waals surface area (Å²) in [4.78, 5) is 0. The molecule has 4 nitrogen and oxygen atoms in total. The van der Waals surface area contributed by atoms with E-state index in [1.165, 1.54) is 0 Å². The minimum Gasteiger partial charge on any atom is -0.504 e. The van der Waals surface area contributed by atoms with Gasteiger partial charge in [0.05, 0.1) is 12.7 Å². The Morgan fingerprint density at radius 1 is 1.25 bits per heavy atom. The van der Waals surface area contributed by atoms with Gasteiger partial charge in [-0.2, -0.15) is 0 Å². The summed E-state index contributed by atoms with van der Waals surface area (Å²) in [6.45, 7) is 8.94. The number of phenolic OH excluding ortho intramolecular Hbond substituents is 1. The van der Waals surface area contributed by atoms with Crippen molar-refractivity contribution >= 4 is 0 Å². The zero-order valence-electron chi connectivity index (χ0n) is 12.8. The highest BCUT2D eigenvalue weighted by Gasteiger charge is 2.06. The van der Waals surface area contributed by atoms with Crippen LogP contribution in [-0.2, 0) is 11.3 Å². The summed E-state index contributed by atoms with van der Waals surface area (Å²) in [7, 11) is 0. The number of hydrogen-bond donors (Lipinski definition) is 2. The zero-order valence-corrected chi connectivity index (χ0v) is 12.8. The number of rotatable bonds is 10. The van der Waals surface area contributed by atoms with Gasteiger partial charge in [-0.1, -0.05) is 12.1 Å². The van der Waals surface area contributed by atoms with E-state index >= 15 is 0 Å². The Labute approximate surface area is 122 Å². The smallest absolute Gasteiger partial charge is 0.162 e. The van der Waals surface area contributed by atoms with Gasteiger partial charge in [0.25, 0.3) is 0 Å². The van der Waals surface area contributed by atoms with Crippen molar-refractivity contribution in [1.82, 2.24) is 5.32 Å². The van der Waals surface area contributed by atoms with Crippen molar-refractivity contribution in [3.8, 4) is 11.5 Å². The molecular formula is C16H27NO3. The average molecular weight is 281 g/mol. The van der Waals surface area contributed by atoms with Gasteiger partial charge in [0.1, 0.15) is 0 Å². The van der Waals surface area contributed by atoms with Crippen molar-refractivity contribution < 1.29 is 14.6 Å². The zero-order chi connectivity index (χ0) is 14.8. The number of aromatic hydroxyl groups is 1. The van der Waals surface area contributed by atoms with Crippen LogP contribution in [0.1, 0.15) is 39.2 Å². The second kappa shape index (κ2) is 9.61. The predicted octanol–water partition coefficient (Wildman–Crippen LogP) is 3.09. The Bertz CT molecular complexity index is 380. The summed E-state index contributed by atoms with van der Waals surface area (Å²) in [5.41, 5.74) is 0.870. The SMILES string of the molecule is CCOc1cccc(CNCCCCOC(C)C)c1O. The monoisotopic (exact) mass is 281 g/mol. The number of unbranched alkanes of at least 4 members (excludes halogenated alkanes) is 1. The lowest BCUT2D eigenvalue weighted by atomic mass is 10.2. The number of hydrogen-bond acceptors (Lipinski definition) is 4. The molecule has 0 unspecified atom stereocenters. The maximum Gasteiger partial charge on any atom is 0.162 e. The standard InChI is InChI=1S/C16H27NO3/c1-4-19-15-9-7-8-14(16(15)18)12-17-10-5-6-11-20-13(2)3/h7-9,13,17-18H,4-6,10-12H2,1-3H3. The fraction of sp³-hybridized carbons (Fsp3) is 0.625. The van der Waals surface area contributed by atoms with Crippen LogP contribution < -0.4 is 10.1 Å². The number of para-hydroxylation sites is 1. The lowest BCUT2D eigenvalue weighted by Crippen LogP contribution is -2.16. The predicted molar refractivity (Wildman–Crippen MR) is 81.3 cm³/mol. The van der Waals surface area contributed by atoms with Gasteiger partial charge < -0.3 is 19.9 Å². The first-order valence-corrected chi connectivity index (χ1v) is 7.41. The number of nitrogens with one attached hydrogen (secondary N) is 1. The summed E-state index contributed by atoms with van der Waals surface area (Å²) in [5.74, 6) is 0.794. The first-order chi connectivity index (χ1) is 9.65. The Hall–Kier alpha value is -1.26. The van der Waals surface area contributed by atoms with E-state index in [-0.39, 0.29) is 5.75 Å². The van der Waals surface area contributed by atoms with Gasteiger partial charge >= 0.3 is 0 Å². The molecule has 0 fully saturated rings. The maximum atomic E-state index is 10.0. The Balaban J connectivity index is 2.23. The van der Waals surface area contributed by atoms with Crippen LogP contribution in [0.15, 0.2) is 18.2 Å². The molecule has 0 aromatic heterocycles. The van der Waals surface area contributed by atoms with Crippen LogP contribution in [0.5, 0.6) is 11.5 Å². The van der Waals surface area contributed by atoms with Crippen molar-refractivity contribution in [3.63, 3.8) is 0 Å². The molecule has 0 amide bonds. The molecule has 1 aromatic carbocycles. The highest BCUT2D eigenvalue weighted by atomic mass is 16.5. The van der Waals surface area contributed by atoms with Crippen LogP contribution in [0.25, 0.3) is 0 Å². The van der Waals surface area contributed by atoms with Gasteiger partial charge in [-0.15, -0.1) is 0 Å². The van der Waals surface area contributed by atoms with E-state index in [9.17, 15) is 5.11 Å². The first kappa shape index (κ1) is 16.8. The van der Waals surface area contributed by atoms with Crippen LogP contribution in [-0.4, -0.2) is 31.0 Å². The molecule has 4 heteroatoms. The molecule has 0 aliphatic heterocycles. The lowest BCUT2D eigenvalue weighted by molar-refractivity contribution is 0.0760. The Morgan fingerprint density at radius 2 is 2.05 bits per heavy atom. The van der Waals surface area contributed by atoms with E-state index in [0.29, 0.717) is 25.0 Å². The van der Waals surface area contributed by atoms with Crippen molar-refractivity contribution in [2.24, 2.45) is 0 Å². The third-order valence-corrected chi connectivity index (χ3v) is 2.90. The minimum absolute atomic E-state index is 0.241. The molecule has 2 N–H and O–H groups in total. The third kappa shape index (κ3) is 6.26. The fourth-order valence-electron chi connectivity index (χ4n) is 1.88. The van der Waals surface area contributed by atoms with Crippen LogP contribution in [0.3, 0.4) is 0 Å². The van der Waals surface area contributed by atoms with Crippen LogP contribution >= 0.6 is 0 Å². The molecule has 0 saturated carbocycles. The summed E-state index contributed by atoms with van der Waals surface area (Å²) in [5, 5.41) is 13.4. The van der Waals surface area contributed by atoms with Crippen molar-refractivity contribution in [2.75, 3.05) is 19.8 Å². The van der Waals surface area contributed by atoms with E-state index in [1.54, 1.807) is 6.07 Å². The normalized spacial score (nSPS) is 11.0. The van der Waals surface area contributed by atoms with Crippen molar-refractivity contribution in [3.05, 3.63) is 23.8 Å². The molecule has 0 bridgehead atoms. The quantitative estimate of drug-likeness (QED) is 0.647. The van der Waals surface area contributed by atoms with Gasteiger partial charge in [-0.25, -0.2) is 0 Å². The molecule has 0 aliphatic carbocycles. The molecule has 1 rings (SSSR count). The molecular weight excluding hydrogens is 254 g/mol.